The highest BCUT2D eigenvalue weighted by Gasteiger charge is 2.19. The molecule has 0 heterocycles. The molecule has 0 bridgehead atoms. The van der Waals surface area contributed by atoms with Gasteiger partial charge in [0.05, 0.1) is 6.42 Å². The van der Waals surface area contributed by atoms with Gasteiger partial charge in [-0.1, -0.05) is 280 Å². The monoisotopic (exact) mass is 1110 g/mol. The minimum Gasteiger partial charge on any atom is -0.462 e. The van der Waals surface area contributed by atoms with Crippen LogP contribution in [0.3, 0.4) is 0 Å². The minimum atomic E-state index is -0.842. The second kappa shape index (κ2) is 67.0. The third-order valence-corrected chi connectivity index (χ3v) is 12.9. The molecule has 6 nitrogen and oxygen atoms in total. The molecule has 1 unspecified atom stereocenters. The van der Waals surface area contributed by atoms with Gasteiger partial charge in [-0.3, -0.25) is 14.4 Å². The largest absolute Gasteiger partial charge is 0.462 e. The number of carbonyl (C=O) groups is 3. The van der Waals surface area contributed by atoms with Gasteiger partial charge in [-0.05, 0) is 135 Å². The van der Waals surface area contributed by atoms with Crippen LogP contribution >= 0.6 is 0 Å². The Hall–Kier alpha value is -5.49. The molecule has 0 aromatic heterocycles. The first-order valence-corrected chi connectivity index (χ1v) is 32.3. The molecule has 6 heteroatoms. The molecule has 0 rings (SSSR count). The molecule has 0 radical (unpaired) electrons. The van der Waals surface area contributed by atoms with Crippen LogP contribution in [0.4, 0.5) is 0 Å². The van der Waals surface area contributed by atoms with Crippen LogP contribution in [0.15, 0.2) is 182 Å². The number of unbranched alkanes of at least 4 members (excludes halogenated alkanes) is 16. The first kappa shape index (κ1) is 75.5. The van der Waals surface area contributed by atoms with Crippen LogP contribution in [0.5, 0.6) is 0 Å². The number of hydrogen-bond donors (Lipinski definition) is 0. The van der Waals surface area contributed by atoms with Crippen molar-refractivity contribution < 1.29 is 28.6 Å². The van der Waals surface area contributed by atoms with Crippen molar-refractivity contribution in [2.24, 2.45) is 0 Å². The van der Waals surface area contributed by atoms with E-state index in [-0.39, 0.29) is 38.0 Å². The summed E-state index contributed by atoms with van der Waals surface area (Å²) in [4.78, 5) is 38.3. The third-order valence-electron chi connectivity index (χ3n) is 12.9. The summed E-state index contributed by atoms with van der Waals surface area (Å²) < 4.78 is 16.8. The van der Waals surface area contributed by atoms with Gasteiger partial charge >= 0.3 is 17.9 Å². The molecule has 0 amide bonds. The van der Waals surface area contributed by atoms with Crippen LogP contribution in [0, 0.1) is 0 Å². The Labute approximate surface area is 497 Å². The standard InChI is InChI=1S/C75H116O6/c1-4-7-10-13-16-19-22-25-28-30-32-34-35-36-37-38-39-41-42-44-47-50-53-56-59-62-65-68-74(77)80-71-72(70-79-73(76)67-64-61-58-55-52-49-46-27-24-21-18-15-12-9-6-3)81-75(78)69-66-63-60-57-54-51-48-45-43-40-33-31-29-26-23-20-17-14-11-8-5-2/h7-12,16-21,25-29,32-34,36-37,40,45-46,48,52,55,61,64,72H,4-6,13-15,22-24,30-31,35,38-39,41-44,47,49-51,53-54,56-60,62-63,65-71H2,1-3H3/b10-7-,11-8-,12-9-,19-16-,20-17-,21-18-,28-25-,29-26-,34-32-,37-36-,40-33-,46-27-,48-45-,55-52-,64-61-. The second-order valence-corrected chi connectivity index (χ2v) is 20.5. The van der Waals surface area contributed by atoms with Gasteiger partial charge in [-0.25, -0.2) is 0 Å². The number of allylic oxidation sites excluding steroid dienone is 29. The lowest BCUT2D eigenvalue weighted by Gasteiger charge is -2.18. The zero-order valence-corrected chi connectivity index (χ0v) is 51.7. The molecule has 0 fully saturated rings. The molecule has 0 N–H and O–H groups in total. The van der Waals surface area contributed by atoms with Crippen molar-refractivity contribution in [3.63, 3.8) is 0 Å². The van der Waals surface area contributed by atoms with Crippen LogP contribution in [0.2, 0.25) is 0 Å². The van der Waals surface area contributed by atoms with E-state index < -0.39 is 12.1 Å². The highest BCUT2D eigenvalue weighted by Crippen LogP contribution is 2.15. The Morgan fingerprint density at radius 3 is 0.802 bits per heavy atom. The lowest BCUT2D eigenvalue weighted by molar-refractivity contribution is -0.166. The molecule has 0 aromatic rings. The van der Waals surface area contributed by atoms with Crippen LogP contribution < -0.4 is 0 Å². The van der Waals surface area contributed by atoms with Gasteiger partial charge in [0.1, 0.15) is 13.2 Å². The van der Waals surface area contributed by atoms with Gasteiger partial charge in [0, 0.05) is 12.8 Å². The molecule has 0 aromatic carbocycles. The van der Waals surface area contributed by atoms with Crippen LogP contribution in [-0.2, 0) is 28.6 Å². The summed E-state index contributed by atoms with van der Waals surface area (Å²) in [6.45, 7) is 6.18. The van der Waals surface area contributed by atoms with E-state index in [9.17, 15) is 14.4 Å². The minimum absolute atomic E-state index is 0.113. The molecular formula is C75H116O6. The van der Waals surface area contributed by atoms with E-state index in [1.165, 1.54) is 57.8 Å². The zero-order chi connectivity index (χ0) is 58.5. The smallest absolute Gasteiger partial charge is 0.309 e. The van der Waals surface area contributed by atoms with Crippen molar-refractivity contribution >= 4 is 17.9 Å². The first-order valence-electron chi connectivity index (χ1n) is 32.3. The summed E-state index contributed by atoms with van der Waals surface area (Å²) in [5, 5.41) is 0. The summed E-state index contributed by atoms with van der Waals surface area (Å²) in [6.07, 6.45) is 101. The number of hydrogen-bond acceptors (Lipinski definition) is 6. The predicted molar refractivity (Wildman–Crippen MR) is 352 cm³/mol. The maximum Gasteiger partial charge on any atom is 0.309 e. The molecule has 1 atom stereocenters. The molecular weight excluding hydrogens is 997 g/mol. The summed E-state index contributed by atoms with van der Waals surface area (Å²) in [6, 6.07) is 0. The highest BCUT2D eigenvalue weighted by atomic mass is 16.6. The lowest BCUT2D eigenvalue weighted by Crippen LogP contribution is -2.30. The average molecular weight is 1110 g/mol. The van der Waals surface area contributed by atoms with Crippen LogP contribution in [0.25, 0.3) is 0 Å². The summed E-state index contributed by atoms with van der Waals surface area (Å²) in [5.74, 6) is -1.09. The lowest BCUT2D eigenvalue weighted by atomic mass is 10.0. The van der Waals surface area contributed by atoms with E-state index in [1.54, 1.807) is 6.08 Å². The fraction of sp³-hybridized carbons (Fsp3) is 0.560. The molecule has 0 saturated carbocycles. The van der Waals surface area contributed by atoms with Crippen molar-refractivity contribution in [3.05, 3.63) is 182 Å². The van der Waals surface area contributed by atoms with E-state index in [0.29, 0.717) is 6.42 Å². The second-order valence-electron chi connectivity index (χ2n) is 20.5. The molecule has 0 aliphatic carbocycles. The molecule has 0 aliphatic heterocycles. The number of rotatable bonds is 56. The zero-order valence-electron chi connectivity index (χ0n) is 51.7. The van der Waals surface area contributed by atoms with E-state index >= 15 is 0 Å². The van der Waals surface area contributed by atoms with E-state index in [0.717, 1.165) is 154 Å². The normalized spacial score (nSPS) is 13.4. The van der Waals surface area contributed by atoms with Crippen LogP contribution in [-0.4, -0.2) is 37.2 Å². The van der Waals surface area contributed by atoms with Crippen molar-refractivity contribution in [3.8, 4) is 0 Å². The molecule has 0 aliphatic rings. The maximum absolute atomic E-state index is 12.9. The molecule has 81 heavy (non-hydrogen) atoms. The van der Waals surface area contributed by atoms with Gasteiger partial charge in [0.25, 0.3) is 0 Å². The van der Waals surface area contributed by atoms with E-state index in [1.807, 2.05) is 6.08 Å². The first-order chi connectivity index (χ1) is 40.0. The van der Waals surface area contributed by atoms with Gasteiger partial charge in [-0.2, -0.15) is 0 Å². The predicted octanol–water partition coefficient (Wildman–Crippen LogP) is 22.4. The van der Waals surface area contributed by atoms with Gasteiger partial charge in [0.15, 0.2) is 6.10 Å². The number of esters is 3. The Bertz CT molecular complexity index is 1900. The number of ether oxygens (including phenoxy) is 3. The fourth-order valence-electron chi connectivity index (χ4n) is 8.22. The van der Waals surface area contributed by atoms with Crippen molar-refractivity contribution in [1.29, 1.82) is 0 Å². The molecule has 0 spiro atoms. The summed E-state index contributed by atoms with van der Waals surface area (Å²) in [5.41, 5.74) is 0. The number of carbonyl (C=O) groups excluding carboxylic acids is 3. The third kappa shape index (κ3) is 65.2. The maximum atomic E-state index is 12.9. The van der Waals surface area contributed by atoms with Crippen LogP contribution in [0.1, 0.15) is 252 Å². The van der Waals surface area contributed by atoms with Gasteiger partial charge in [-0.15, -0.1) is 0 Å². The summed E-state index contributed by atoms with van der Waals surface area (Å²) >= 11 is 0. The summed E-state index contributed by atoms with van der Waals surface area (Å²) in [7, 11) is 0. The van der Waals surface area contributed by atoms with Gasteiger partial charge in [0.2, 0.25) is 0 Å². The van der Waals surface area contributed by atoms with Crippen molar-refractivity contribution in [2.75, 3.05) is 13.2 Å². The van der Waals surface area contributed by atoms with Crippen molar-refractivity contribution in [1.82, 2.24) is 0 Å². The highest BCUT2D eigenvalue weighted by molar-refractivity contribution is 5.72. The Morgan fingerprint density at radius 2 is 0.494 bits per heavy atom. The topological polar surface area (TPSA) is 78.9 Å². The molecule has 0 saturated heterocycles. The SMILES string of the molecule is CC/C=C\C/C=C\C/C=C\C/C=C\C/C=C\CCCCCCCCCCCCCC(=O)OCC(COC(=O)C/C=C\C/C=C\C/C=C\C/C=C\C/C=C\CC)OC(=O)CCCCCCC/C=C\C/C=C\C/C=C\C/C=C\C/C=C\CC. The fourth-order valence-corrected chi connectivity index (χ4v) is 8.22. The molecule has 452 valence electrons. The Morgan fingerprint density at radius 1 is 0.259 bits per heavy atom. The quantitative estimate of drug-likeness (QED) is 0.0261. The van der Waals surface area contributed by atoms with Gasteiger partial charge < -0.3 is 14.2 Å². The van der Waals surface area contributed by atoms with E-state index in [2.05, 4.69) is 191 Å². The average Bonchev–Trinajstić information content (AvgIpc) is 3.47. The van der Waals surface area contributed by atoms with Crippen molar-refractivity contribution in [2.45, 2.75) is 258 Å². The Balaban J connectivity index is 4.48. The Kier molecular flexibility index (Phi) is 62.5. The van der Waals surface area contributed by atoms with E-state index in [4.69, 9.17) is 14.2 Å².